The zero-order chi connectivity index (χ0) is 26.5. The first-order valence-electron chi connectivity index (χ1n) is 11.5. The van der Waals surface area contributed by atoms with E-state index in [1.54, 1.807) is 23.2 Å². The number of carboxylic acid groups (broad SMARTS) is 1. The summed E-state index contributed by atoms with van der Waals surface area (Å²) in [6.07, 6.45) is 3.75. The highest BCUT2D eigenvalue weighted by Crippen LogP contribution is 2.41. The number of aliphatic hydroxyl groups is 1. The number of aromatic nitrogens is 1. The Balaban J connectivity index is 1.40. The van der Waals surface area contributed by atoms with Crippen LogP contribution in [-0.4, -0.2) is 104 Å². The van der Waals surface area contributed by atoms with Crippen molar-refractivity contribution in [2.75, 3.05) is 44.8 Å². The zero-order valence-electron chi connectivity index (χ0n) is 20.0. The van der Waals surface area contributed by atoms with Gasteiger partial charge in [-0.15, -0.1) is 34.9 Å². The molecule has 2 fully saturated rings. The van der Waals surface area contributed by atoms with Crippen LogP contribution >= 0.6 is 34.9 Å². The number of allylic oxidation sites excluding steroid dienone is 1. The Hall–Kier alpha value is -2.59. The molecule has 5 N–H and O–H groups in total. The van der Waals surface area contributed by atoms with E-state index in [0.717, 1.165) is 37.3 Å². The molecule has 0 radical (unpaired) electrons. The highest BCUT2D eigenvalue weighted by atomic mass is 32.2. The molecule has 1 aromatic rings. The Kier molecular flexibility index (Phi) is 9.13. The summed E-state index contributed by atoms with van der Waals surface area (Å²) in [5.74, 6) is -1.98. The molecule has 15 heteroatoms. The van der Waals surface area contributed by atoms with Crippen LogP contribution in [0.3, 0.4) is 0 Å². The summed E-state index contributed by atoms with van der Waals surface area (Å²) in [5, 5.41) is 28.9. The van der Waals surface area contributed by atoms with Gasteiger partial charge in [0, 0.05) is 22.9 Å². The van der Waals surface area contributed by atoms with E-state index in [9.17, 15) is 19.5 Å². The molecule has 2 atom stereocenters. The van der Waals surface area contributed by atoms with Crippen molar-refractivity contribution in [2.45, 2.75) is 29.5 Å². The highest BCUT2D eigenvalue weighted by molar-refractivity contribution is 8.02. The third-order valence-corrected chi connectivity index (χ3v) is 9.27. The highest BCUT2D eigenvalue weighted by Gasteiger charge is 2.54. The minimum absolute atomic E-state index is 0.0630. The smallest absolute Gasteiger partial charge is 0.352 e. The number of likely N-dealkylation sites (tertiary alicyclic amines) is 1. The molecule has 0 bridgehead atoms. The quantitative estimate of drug-likeness (QED) is 0.176. The SMILES string of the molecule is CON=C(C(=O)N[C@@H]1C(=O)N2C(C(=O)O)=C(/C=C/SC3CCN(CCO)CC3)CS[C@H]12)c1csc(N)n1. The fourth-order valence-electron chi connectivity index (χ4n) is 4.32. The molecule has 4 rings (SSSR count). The molecule has 200 valence electrons. The van der Waals surface area contributed by atoms with E-state index in [2.05, 4.69) is 20.4 Å². The molecule has 0 unspecified atom stereocenters. The maximum Gasteiger partial charge on any atom is 0.352 e. The molecule has 0 aliphatic carbocycles. The van der Waals surface area contributed by atoms with Gasteiger partial charge >= 0.3 is 5.97 Å². The maximum atomic E-state index is 13.0. The van der Waals surface area contributed by atoms with Crippen LogP contribution in [0.5, 0.6) is 0 Å². The fourth-order valence-corrected chi connectivity index (χ4v) is 7.13. The Bertz CT molecular complexity index is 1130. The number of thioether (sulfide) groups is 2. The average molecular weight is 569 g/mol. The predicted octanol–water partition coefficient (Wildman–Crippen LogP) is 0.518. The first kappa shape index (κ1) is 27.4. The molecule has 3 aliphatic rings. The minimum Gasteiger partial charge on any atom is -0.477 e. The van der Waals surface area contributed by atoms with Crippen molar-refractivity contribution >= 4 is 63.5 Å². The largest absolute Gasteiger partial charge is 0.477 e. The number of nitrogen functional groups attached to an aromatic ring is 1. The molecule has 37 heavy (non-hydrogen) atoms. The molecule has 2 saturated heterocycles. The summed E-state index contributed by atoms with van der Waals surface area (Å²) in [6, 6.07) is -0.908. The number of rotatable bonds is 10. The van der Waals surface area contributed by atoms with Crippen molar-refractivity contribution in [3.05, 3.63) is 33.8 Å². The second-order valence-corrected chi connectivity index (χ2v) is 11.6. The van der Waals surface area contributed by atoms with Gasteiger partial charge in [-0.2, -0.15) is 0 Å². The number of nitrogens with zero attached hydrogens (tertiary/aromatic N) is 4. The van der Waals surface area contributed by atoms with Gasteiger partial charge in [0.25, 0.3) is 11.8 Å². The number of nitrogens with one attached hydrogen (secondary N) is 1. The van der Waals surface area contributed by atoms with Crippen LogP contribution in [0.1, 0.15) is 18.5 Å². The van der Waals surface area contributed by atoms with Gasteiger partial charge in [-0.3, -0.25) is 14.5 Å². The lowest BCUT2D eigenvalue weighted by Gasteiger charge is -2.49. The van der Waals surface area contributed by atoms with Crippen LogP contribution in [0.25, 0.3) is 0 Å². The van der Waals surface area contributed by atoms with Crippen LogP contribution in [-0.2, 0) is 19.2 Å². The lowest BCUT2D eigenvalue weighted by molar-refractivity contribution is -0.150. The van der Waals surface area contributed by atoms with Crippen LogP contribution in [0.4, 0.5) is 5.13 Å². The zero-order valence-corrected chi connectivity index (χ0v) is 22.5. The summed E-state index contributed by atoms with van der Waals surface area (Å²) in [7, 11) is 1.29. The van der Waals surface area contributed by atoms with E-state index >= 15 is 0 Å². The first-order chi connectivity index (χ1) is 17.8. The lowest BCUT2D eigenvalue weighted by Crippen LogP contribution is -2.71. The van der Waals surface area contributed by atoms with Crippen molar-refractivity contribution in [1.29, 1.82) is 0 Å². The fraction of sp³-hybridized carbons (Fsp3) is 0.500. The van der Waals surface area contributed by atoms with Crippen molar-refractivity contribution in [3.8, 4) is 0 Å². The molecule has 0 saturated carbocycles. The molecule has 0 aromatic carbocycles. The third kappa shape index (κ3) is 6.12. The van der Waals surface area contributed by atoms with Crippen molar-refractivity contribution in [2.24, 2.45) is 5.16 Å². The summed E-state index contributed by atoms with van der Waals surface area (Å²) >= 11 is 4.18. The first-order valence-corrected chi connectivity index (χ1v) is 14.4. The maximum absolute atomic E-state index is 13.0. The number of oxime groups is 1. The van der Waals surface area contributed by atoms with Gasteiger partial charge in [0.2, 0.25) is 0 Å². The third-order valence-electron chi connectivity index (χ3n) is 6.14. The molecular formula is C22H28N6O6S3. The summed E-state index contributed by atoms with van der Waals surface area (Å²) < 4.78 is 0. The summed E-state index contributed by atoms with van der Waals surface area (Å²) in [4.78, 5) is 50.2. The van der Waals surface area contributed by atoms with Gasteiger partial charge in [-0.1, -0.05) is 5.16 Å². The predicted molar refractivity (Wildman–Crippen MR) is 143 cm³/mol. The number of anilines is 1. The number of nitrogens with two attached hydrogens (primary N) is 1. The number of β-amino-alcohol motifs (C(OH)–C–C–N with tert-alkyl or cyclic N) is 1. The van der Waals surface area contributed by atoms with E-state index in [1.165, 1.54) is 23.8 Å². The minimum atomic E-state index is -1.19. The van der Waals surface area contributed by atoms with Crippen molar-refractivity contribution in [1.82, 2.24) is 20.1 Å². The van der Waals surface area contributed by atoms with Crippen LogP contribution in [0, 0.1) is 0 Å². The van der Waals surface area contributed by atoms with E-state index in [-0.39, 0.29) is 28.8 Å². The lowest BCUT2D eigenvalue weighted by atomic mass is 10.0. The summed E-state index contributed by atoms with van der Waals surface area (Å²) in [5.41, 5.74) is 6.23. The number of thiazole rings is 1. The van der Waals surface area contributed by atoms with Crippen molar-refractivity contribution < 1.29 is 29.4 Å². The van der Waals surface area contributed by atoms with Crippen LogP contribution < -0.4 is 11.1 Å². The monoisotopic (exact) mass is 568 g/mol. The van der Waals surface area contributed by atoms with Gasteiger partial charge in [-0.25, -0.2) is 9.78 Å². The normalized spacial score (nSPS) is 23.2. The molecular weight excluding hydrogens is 540 g/mol. The topological polar surface area (TPSA) is 171 Å². The molecule has 12 nitrogen and oxygen atoms in total. The van der Waals surface area contributed by atoms with E-state index < -0.39 is 29.2 Å². The van der Waals surface area contributed by atoms with Crippen LogP contribution in [0.2, 0.25) is 0 Å². The number of piperidine rings is 1. The number of carbonyl (C=O) groups is 3. The van der Waals surface area contributed by atoms with Gasteiger partial charge in [0.05, 0.1) is 6.61 Å². The van der Waals surface area contributed by atoms with Gasteiger partial charge < -0.3 is 31.0 Å². The Morgan fingerprint density at radius 3 is 2.78 bits per heavy atom. The number of β-lactam (4-membered cyclic amide) rings is 1. The standard InChI is InChI=1S/C22H28N6O6S3/c1-34-26-15(14-11-37-22(23)24-14)18(30)25-16-19(31)28-17(21(32)33)12(10-36-20(16)28)4-9-35-13-2-5-27(6-3-13)7-8-29/h4,9,11,13,16,20,29H,2-3,5-8,10H2,1H3,(H2,23,24)(H,25,30)(H,32,33)/b9-4+,26-15?/t16-,20-/m1/s1. The number of carboxylic acids is 1. The van der Waals surface area contributed by atoms with Crippen molar-refractivity contribution in [3.63, 3.8) is 0 Å². The second-order valence-electron chi connectivity index (χ2n) is 8.44. The molecule has 4 heterocycles. The molecule has 2 amide bonds. The van der Waals surface area contributed by atoms with Gasteiger partial charge in [0.1, 0.15) is 29.9 Å². The molecule has 1 aromatic heterocycles. The second kappa shape index (κ2) is 12.3. The van der Waals surface area contributed by atoms with E-state index in [0.29, 0.717) is 23.1 Å². The van der Waals surface area contributed by atoms with Gasteiger partial charge in [0.15, 0.2) is 10.8 Å². The number of amides is 2. The number of aliphatic hydroxyl groups excluding tert-OH is 1. The Morgan fingerprint density at radius 1 is 1.41 bits per heavy atom. The number of hydrogen-bond acceptors (Lipinski definition) is 12. The Morgan fingerprint density at radius 2 is 2.16 bits per heavy atom. The summed E-state index contributed by atoms with van der Waals surface area (Å²) in [6.45, 7) is 2.69. The van der Waals surface area contributed by atoms with E-state index in [4.69, 9.17) is 15.7 Å². The van der Waals surface area contributed by atoms with E-state index in [1.807, 2.05) is 5.41 Å². The average Bonchev–Trinajstić information content (AvgIpc) is 3.32. The van der Waals surface area contributed by atoms with Crippen LogP contribution in [0.15, 0.2) is 33.3 Å². The number of hydrogen-bond donors (Lipinski definition) is 4. The molecule has 3 aliphatic heterocycles. The Labute approximate surface area is 226 Å². The number of carbonyl (C=O) groups excluding carboxylic acids is 2. The number of fused-ring (bicyclic) bond motifs is 1. The number of aliphatic carboxylic acids is 1. The van der Waals surface area contributed by atoms with Gasteiger partial charge in [-0.05, 0) is 43.0 Å². The molecule has 0 spiro atoms.